The molecule has 3 aromatic carbocycles. The number of ether oxygens (including phenoxy) is 2. The van der Waals surface area contributed by atoms with E-state index in [9.17, 15) is 14.9 Å². The van der Waals surface area contributed by atoms with Crippen molar-refractivity contribution in [2.45, 2.75) is 6.61 Å². The van der Waals surface area contributed by atoms with Crippen LogP contribution in [0.4, 0.5) is 5.69 Å². The van der Waals surface area contributed by atoms with Gasteiger partial charge in [0.15, 0.2) is 5.70 Å². The van der Waals surface area contributed by atoms with Gasteiger partial charge >= 0.3 is 5.97 Å². The Hall–Kier alpha value is -3.68. The third-order valence-electron chi connectivity index (χ3n) is 4.53. The van der Waals surface area contributed by atoms with Gasteiger partial charge in [-0.1, -0.05) is 41.4 Å². The van der Waals surface area contributed by atoms with E-state index in [0.29, 0.717) is 26.9 Å². The number of nitrogens with zero attached hydrogens (tertiary/aromatic N) is 2. The van der Waals surface area contributed by atoms with E-state index in [1.165, 1.54) is 18.2 Å². The number of nitro groups is 1. The van der Waals surface area contributed by atoms with Crippen LogP contribution in [-0.2, 0) is 16.1 Å². The number of cyclic esters (lactones) is 1. The highest BCUT2D eigenvalue weighted by atomic mass is 35.5. The van der Waals surface area contributed by atoms with E-state index < -0.39 is 10.9 Å². The minimum absolute atomic E-state index is 0.00749. The van der Waals surface area contributed by atoms with E-state index in [1.54, 1.807) is 54.6 Å². The summed E-state index contributed by atoms with van der Waals surface area (Å²) in [6.07, 6.45) is 1.56. The molecule has 0 unspecified atom stereocenters. The van der Waals surface area contributed by atoms with E-state index in [1.807, 2.05) is 0 Å². The second kappa shape index (κ2) is 9.21. The quantitative estimate of drug-likeness (QED) is 0.196. The number of hydrogen-bond acceptors (Lipinski definition) is 6. The zero-order valence-corrected chi connectivity index (χ0v) is 17.8. The van der Waals surface area contributed by atoms with E-state index in [2.05, 4.69) is 4.99 Å². The molecule has 1 aliphatic heterocycles. The average Bonchev–Trinajstić information content (AvgIpc) is 3.13. The number of rotatable bonds is 6. The van der Waals surface area contributed by atoms with Crippen molar-refractivity contribution in [2.24, 2.45) is 4.99 Å². The summed E-state index contributed by atoms with van der Waals surface area (Å²) in [5.41, 5.74) is 1.94. The molecule has 1 heterocycles. The minimum atomic E-state index is -0.615. The number of halogens is 2. The molecule has 0 saturated carbocycles. The lowest BCUT2D eigenvalue weighted by molar-refractivity contribution is -0.384. The van der Waals surface area contributed by atoms with Gasteiger partial charge in [-0.05, 0) is 48.0 Å². The van der Waals surface area contributed by atoms with Gasteiger partial charge in [-0.2, -0.15) is 0 Å². The van der Waals surface area contributed by atoms with E-state index >= 15 is 0 Å². The molecule has 0 aromatic heterocycles. The van der Waals surface area contributed by atoms with E-state index in [-0.39, 0.29) is 23.9 Å². The van der Waals surface area contributed by atoms with E-state index in [4.69, 9.17) is 32.7 Å². The summed E-state index contributed by atoms with van der Waals surface area (Å²) < 4.78 is 11.1. The van der Waals surface area contributed by atoms with Gasteiger partial charge in [-0.15, -0.1) is 0 Å². The Balaban J connectivity index is 1.56. The van der Waals surface area contributed by atoms with Crippen LogP contribution in [0.3, 0.4) is 0 Å². The number of hydrogen-bond donors (Lipinski definition) is 0. The van der Waals surface area contributed by atoms with Crippen molar-refractivity contribution >= 4 is 46.8 Å². The minimum Gasteiger partial charge on any atom is -0.488 e. The van der Waals surface area contributed by atoms with Crippen molar-refractivity contribution in [3.05, 3.63) is 109 Å². The molecule has 4 rings (SSSR count). The molecule has 0 N–H and O–H groups in total. The Kier molecular flexibility index (Phi) is 6.20. The SMILES string of the molecule is O=C1OC(c2ccc(Cl)cc2Cl)=N/C1=C\c1ccccc1OCc1ccc([N+](=O)[O-])cc1. The molecule has 160 valence electrons. The fraction of sp³-hybridized carbons (Fsp3) is 0.0435. The van der Waals surface area contributed by atoms with Crippen LogP contribution in [-0.4, -0.2) is 16.8 Å². The molecular formula is C23H14Cl2N2O5. The van der Waals surface area contributed by atoms with Crippen LogP contribution in [0.5, 0.6) is 5.75 Å². The molecule has 0 fully saturated rings. The van der Waals surface area contributed by atoms with Gasteiger partial charge in [0.2, 0.25) is 5.90 Å². The molecule has 7 nitrogen and oxygen atoms in total. The number of carbonyl (C=O) groups is 1. The number of benzene rings is 3. The van der Waals surface area contributed by atoms with Crippen LogP contribution in [0.15, 0.2) is 77.4 Å². The molecule has 0 spiro atoms. The lowest BCUT2D eigenvalue weighted by Crippen LogP contribution is -2.06. The highest BCUT2D eigenvalue weighted by molar-refractivity contribution is 6.37. The molecule has 0 saturated heterocycles. The van der Waals surface area contributed by atoms with Crippen LogP contribution in [0.25, 0.3) is 6.08 Å². The first kappa shape index (κ1) is 21.5. The molecule has 0 amide bonds. The molecule has 1 aliphatic rings. The van der Waals surface area contributed by atoms with Crippen LogP contribution in [0.1, 0.15) is 16.7 Å². The van der Waals surface area contributed by atoms with Crippen LogP contribution >= 0.6 is 23.2 Å². The van der Waals surface area contributed by atoms with Gasteiger partial charge in [-0.3, -0.25) is 10.1 Å². The summed E-state index contributed by atoms with van der Waals surface area (Å²) in [5, 5.41) is 11.6. The zero-order valence-electron chi connectivity index (χ0n) is 16.3. The van der Waals surface area contributed by atoms with Crippen molar-refractivity contribution in [1.29, 1.82) is 0 Å². The van der Waals surface area contributed by atoms with Crippen LogP contribution < -0.4 is 4.74 Å². The Morgan fingerprint density at radius 3 is 2.53 bits per heavy atom. The second-order valence-electron chi connectivity index (χ2n) is 6.71. The third kappa shape index (κ3) is 4.80. The number of para-hydroxylation sites is 1. The zero-order chi connectivity index (χ0) is 22.7. The topological polar surface area (TPSA) is 91.0 Å². The van der Waals surface area contributed by atoms with Gasteiger partial charge in [0.1, 0.15) is 12.4 Å². The summed E-state index contributed by atoms with van der Waals surface area (Å²) in [7, 11) is 0. The first-order chi connectivity index (χ1) is 15.4. The number of nitro benzene ring substituents is 1. The first-order valence-corrected chi connectivity index (χ1v) is 10.1. The number of carbonyl (C=O) groups excluding carboxylic acids is 1. The van der Waals surface area contributed by atoms with Crippen LogP contribution in [0, 0.1) is 10.1 Å². The van der Waals surface area contributed by atoms with Crippen molar-refractivity contribution in [2.75, 3.05) is 0 Å². The maximum absolute atomic E-state index is 12.3. The Labute approximate surface area is 192 Å². The molecule has 3 aromatic rings. The predicted molar refractivity (Wildman–Crippen MR) is 121 cm³/mol. The third-order valence-corrected chi connectivity index (χ3v) is 5.08. The molecule has 0 bridgehead atoms. The highest BCUT2D eigenvalue weighted by Gasteiger charge is 2.26. The summed E-state index contributed by atoms with van der Waals surface area (Å²) in [6.45, 7) is 0.192. The molecule has 0 radical (unpaired) electrons. The second-order valence-corrected chi connectivity index (χ2v) is 7.55. The van der Waals surface area contributed by atoms with E-state index in [0.717, 1.165) is 5.56 Å². The molecule has 9 heteroatoms. The lowest BCUT2D eigenvalue weighted by Gasteiger charge is -2.09. The first-order valence-electron chi connectivity index (χ1n) is 9.34. The Bertz CT molecular complexity index is 1270. The fourth-order valence-electron chi connectivity index (χ4n) is 2.94. The van der Waals surface area contributed by atoms with Crippen LogP contribution in [0.2, 0.25) is 10.0 Å². The molecule has 0 atom stereocenters. The van der Waals surface area contributed by atoms with Gasteiger partial charge in [0.05, 0.1) is 15.5 Å². The number of non-ortho nitro benzene ring substituents is 1. The van der Waals surface area contributed by atoms with Crippen molar-refractivity contribution in [3.8, 4) is 5.75 Å². The highest BCUT2D eigenvalue weighted by Crippen LogP contribution is 2.28. The van der Waals surface area contributed by atoms with Gasteiger partial charge in [-0.25, -0.2) is 9.79 Å². The van der Waals surface area contributed by atoms with Crippen molar-refractivity contribution in [1.82, 2.24) is 0 Å². The van der Waals surface area contributed by atoms with Crippen molar-refractivity contribution < 1.29 is 19.2 Å². The van der Waals surface area contributed by atoms with Gasteiger partial charge in [0, 0.05) is 22.7 Å². The smallest absolute Gasteiger partial charge is 0.363 e. The summed E-state index contributed by atoms with van der Waals surface area (Å²) in [6, 6.07) is 18.0. The average molecular weight is 469 g/mol. The van der Waals surface area contributed by atoms with Crippen molar-refractivity contribution in [3.63, 3.8) is 0 Å². The fourth-order valence-corrected chi connectivity index (χ4v) is 3.43. The normalized spacial score (nSPS) is 14.2. The molecule has 0 aliphatic carbocycles. The van der Waals surface area contributed by atoms with Gasteiger partial charge in [0.25, 0.3) is 5.69 Å². The number of aliphatic imine (C=N–C) groups is 1. The Morgan fingerprint density at radius 1 is 1.06 bits per heavy atom. The molecule has 32 heavy (non-hydrogen) atoms. The number of esters is 1. The maximum atomic E-state index is 12.3. The summed E-state index contributed by atoms with van der Waals surface area (Å²) >= 11 is 12.1. The maximum Gasteiger partial charge on any atom is 0.363 e. The lowest BCUT2D eigenvalue weighted by atomic mass is 10.1. The predicted octanol–water partition coefficient (Wildman–Crippen LogP) is 5.83. The standard InChI is InChI=1S/C23H14Cl2N2O5/c24-16-7-10-18(19(25)12-16)22-26-20(23(28)32-22)11-15-3-1-2-4-21(15)31-13-14-5-8-17(9-6-14)27(29)30/h1-12H,13H2/b20-11-. The summed E-state index contributed by atoms with van der Waals surface area (Å²) in [5.74, 6) is -0.0114. The van der Waals surface area contributed by atoms with Gasteiger partial charge < -0.3 is 9.47 Å². The largest absolute Gasteiger partial charge is 0.488 e. The monoisotopic (exact) mass is 468 g/mol. The Morgan fingerprint density at radius 2 is 1.81 bits per heavy atom. The molecular weight excluding hydrogens is 455 g/mol. The summed E-state index contributed by atoms with van der Waals surface area (Å²) in [4.78, 5) is 26.9.